The van der Waals surface area contributed by atoms with Crippen molar-refractivity contribution >= 4 is 17.3 Å². The molecule has 0 fully saturated rings. The number of nitrogens with zero attached hydrogens (tertiary/aromatic N) is 2. The summed E-state index contributed by atoms with van der Waals surface area (Å²) in [4.78, 5) is 4.23. The minimum absolute atomic E-state index is 0.246. The molecule has 106 valence electrons. The Morgan fingerprint density at radius 3 is 2.81 bits per heavy atom. The average Bonchev–Trinajstić information content (AvgIpc) is 2.92. The third-order valence-electron chi connectivity index (χ3n) is 3.00. The highest BCUT2D eigenvalue weighted by Crippen LogP contribution is 2.28. The number of hydrogen-bond acceptors (Lipinski definition) is 4. The van der Waals surface area contributed by atoms with Gasteiger partial charge in [0.05, 0.1) is 10.6 Å². The first-order chi connectivity index (χ1) is 10.1. The van der Waals surface area contributed by atoms with Crippen LogP contribution in [0, 0.1) is 5.82 Å². The van der Waals surface area contributed by atoms with Crippen molar-refractivity contribution in [2.24, 2.45) is 0 Å². The van der Waals surface area contributed by atoms with Crippen molar-refractivity contribution in [3.05, 3.63) is 64.7 Å². The lowest BCUT2D eigenvalue weighted by molar-refractivity contribution is 0.423. The van der Waals surface area contributed by atoms with E-state index in [1.54, 1.807) is 36.4 Å². The van der Waals surface area contributed by atoms with Crippen molar-refractivity contribution < 1.29 is 8.91 Å². The molecule has 2 aromatic carbocycles. The van der Waals surface area contributed by atoms with E-state index in [1.165, 1.54) is 6.07 Å². The fourth-order valence-corrected chi connectivity index (χ4v) is 2.15. The van der Waals surface area contributed by atoms with Gasteiger partial charge < -0.3 is 10.3 Å². The van der Waals surface area contributed by atoms with E-state index in [9.17, 15) is 4.39 Å². The van der Waals surface area contributed by atoms with Crippen LogP contribution in [0.15, 0.2) is 47.0 Å². The first-order valence-corrected chi connectivity index (χ1v) is 6.62. The van der Waals surface area contributed by atoms with Crippen LogP contribution in [0.2, 0.25) is 5.02 Å². The lowest BCUT2D eigenvalue weighted by atomic mass is 10.1. The van der Waals surface area contributed by atoms with Crippen molar-refractivity contribution in [1.29, 1.82) is 0 Å². The fourth-order valence-electron chi connectivity index (χ4n) is 1.95. The van der Waals surface area contributed by atoms with Crippen molar-refractivity contribution in [1.82, 2.24) is 10.1 Å². The molecule has 0 spiro atoms. The summed E-state index contributed by atoms with van der Waals surface area (Å²) in [5.41, 5.74) is 7.32. The molecule has 0 aliphatic heterocycles. The summed E-state index contributed by atoms with van der Waals surface area (Å²) in [5, 5.41) is 4.31. The molecule has 3 rings (SSSR count). The Bertz CT molecular complexity index is 788. The maximum absolute atomic E-state index is 13.6. The quantitative estimate of drug-likeness (QED) is 0.749. The summed E-state index contributed by atoms with van der Waals surface area (Å²) in [6.07, 6.45) is 0.246. The SMILES string of the molecule is Nc1ccc(Cl)c(-c2nc(Cc3ccccc3F)no2)c1. The highest BCUT2D eigenvalue weighted by Gasteiger charge is 2.14. The topological polar surface area (TPSA) is 64.9 Å². The van der Waals surface area contributed by atoms with Gasteiger partial charge in [-0.3, -0.25) is 0 Å². The summed E-state index contributed by atoms with van der Waals surface area (Å²) < 4.78 is 18.8. The molecule has 0 bridgehead atoms. The lowest BCUT2D eigenvalue weighted by Crippen LogP contribution is -1.94. The third-order valence-corrected chi connectivity index (χ3v) is 3.32. The number of anilines is 1. The summed E-state index contributed by atoms with van der Waals surface area (Å²) in [5.74, 6) is 0.345. The van der Waals surface area contributed by atoms with Crippen molar-refractivity contribution in [2.75, 3.05) is 5.73 Å². The standard InChI is InChI=1S/C15H11ClFN3O/c16-12-6-5-10(18)8-11(12)15-19-14(20-21-15)7-9-3-1-2-4-13(9)17/h1-6,8H,7,18H2. The molecule has 1 heterocycles. The minimum Gasteiger partial charge on any atom is -0.399 e. The maximum atomic E-state index is 13.6. The highest BCUT2D eigenvalue weighted by molar-refractivity contribution is 6.33. The van der Waals surface area contributed by atoms with E-state index in [0.29, 0.717) is 27.7 Å². The molecule has 0 aliphatic rings. The predicted octanol–water partition coefficient (Wildman–Crippen LogP) is 3.70. The van der Waals surface area contributed by atoms with Gasteiger partial charge in [0.25, 0.3) is 5.89 Å². The van der Waals surface area contributed by atoms with E-state index in [4.69, 9.17) is 21.9 Å². The zero-order valence-corrected chi connectivity index (χ0v) is 11.6. The molecule has 1 aromatic heterocycles. The second-order valence-electron chi connectivity index (χ2n) is 4.52. The second kappa shape index (κ2) is 5.54. The molecule has 4 nitrogen and oxygen atoms in total. The van der Waals surface area contributed by atoms with E-state index >= 15 is 0 Å². The molecule has 0 radical (unpaired) electrons. The molecule has 6 heteroatoms. The number of benzene rings is 2. The molecule has 0 unspecified atom stereocenters. The first-order valence-electron chi connectivity index (χ1n) is 6.25. The second-order valence-corrected chi connectivity index (χ2v) is 4.93. The highest BCUT2D eigenvalue weighted by atomic mass is 35.5. The smallest absolute Gasteiger partial charge is 0.259 e. The average molecular weight is 304 g/mol. The van der Waals surface area contributed by atoms with E-state index in [1.807, 2.05) is 0 Å². The van der Waals surface area contributed by atoms with Crippen LogP contribution in [0.5, 0.6) is 0 Å². The van der Waals surface area contributed by atoms with Crippen LogP contribution in [0.3, 0.4) is 0 Å². The molecule has 2 N–H and O–H groups in total. The van der Waals surface area contributed by atoms with Gasteiger partial charge in [-0.25, -0.2) is 4.39 Å². The Morgan fingerprint density at radius 1 is 1.19 bits per heavy atom. The van der Waals surface area contributed by atoms with Gasteiger partial charge in [-0.2, -0.15) is 4.98 Å². The minimum atomic E-state index is -0.300. The molecular weight excluding hydrogens is 293 g/mol. The van der Waals surface area contributed by atoms with Crippen molar-refractivity contribution in [2.45, 2.75) is 6.42 Å². The molecule has 0 aliphatic carbocycles. The van der Waals surface area contributed by atoms with Crippen molar-refractivity contribution in [3.8, 4) is 11.5 Å². The van der Waals surface area contributed by atoms with E-state index < -0.39 is 0 Å². The van der Waals surface area contributed by atoms with Gasteiger partial charge in [-0.05, 0) is 29.8 Å². The van der Waals surface area contributed by atoms with Crippen LogP contribution in [0.1, 0.15) is 11.4 Å². The monoisotopic (exact) mass is 303 g/mol. The largest absolute Gasteiger partial charge is 0.399 e. The number of hydrogen-bond donors (Lipinski definition) is 1. The van der Waals surface area contributed by atoms with Crippen LogP contribution >= 0.6 is 11.6 Å². The van der Waals surface area contributed by atoms with E-state index in [2.05, 4.69) is 10.1 Å². The van der Waals surface area contributed by atoms with Crippen LogP contribution in [-0.4, -0.2) is 10.1 Å². The number of nitrogens with two attached hydrogens (primary N) is 1. The van der Waals surface area contributed by atoms with Gasteiger partial charge in [-0.15, -0.1) is 0 Å². The van der Waals surface area contributed by atoms with Crippen molar-refractivity contribution in [3.63, 3.8) is 0 Å². The Morgan fingerprint density at radius 2 is 2.00 bits per heavy atom. The lowest BCUT2D eigenvalue weighted by Gasteiger charge is -2.00. The van der Waals surface area contributed by atoms with Gasteiger partial charge in [0.2, 0.25) is 0 Å². The Balaban J connectivity index is 1.90. The summed E-state index contributed by atoms with van der Waals surface area (Å²) in [6.45, 7) is 0. The number of rotatable bonds is 3. The summed E-state index contributed by atoms with van der Waals surface area (Å²) in [6, 6.07) is 11.5. The van der Waals surface area contributed by atoms with Crippen LogP contribution in [0.25, 0.3) is 11.5 Å². The number of halogens is 2. The molecule has 0 atom stereocenters. The Labute approximate surface area is 125 Å². The molecule has 21 heavy (non-hydrogen) atoms. The molecule has 3 aromatic rings. The van der Waals surface area contributed by atoms with Gasteiger partial charge in [0.15, 0.2) is 5.82 Å². The normalized spacial score (nSPS) is 10.8. The number of aromatic nitrogens is 2. The van der Waals surface area contributed by atoms with E-state index in [-0.39, 0.29) is 18.1 Å². The number of nitrogen functional groups attached to an aromatic ring is 1. The summed E-state index contributed by atoms with van der Waals surface area (Å²) >= 11 is 6.08. The molecule has 0 saturated heterocycles. The zero-order chi connectivity index (χ0) is 14.8. The van der Waals surface area contributed by atoms with Gasteiger partial charge in [-0.1, -0.05) is 35.0 Å². The fraction of sp³-hybridized carbons (Fsp3) is 0.0667. The predicted molar refractivity (Wildman–Crippen MR) is 78.4 cm³/mol. The first kappa shape index (κ1) is 13.6. The summed E-state index contributed by atoms with van der Waals surface area (Å²) in [7, 11) is 0. The third kappa shape index (κ3) is 2.87. The maximum Gasteiger partial charge on any atom is 0.259 e. The Kier molecular flexibility index (Phi) is 3.58. The van der Waals surface area contributed by atoms with Crippen LogP contribution in [-0.2, 0) is 6.42 Å². The zero-order valence-electron chi connectivity index (χ0n) is 10.9. The van der Waals surface area contributed by atoms with Gasteiger partial charge >= 0.3 is 0 Å². The van der Waals surface area contributed by atoms with Gasteiger partial charge in [0, 0.05) is 12.1 Å². The Hall–Kier alpha value is -2.40. The molecule has 0 saturated carbocycles. The molecule has 0 amide bonds. The van der Waals surface area contributed by atoms with E-state index in [0.717, 1.165) is 0 Å². The van der Waals surface area contributed by atoms with Crippen LogP contribution in [0.4, 0.5) is 10.1 Å². The van der Waals surface area contributed by atoms with Crippen LogP contribution < -0.4 is 5.73 Å². The van der Waals surface area contributed by atoms with Gasteiger partial charge in [0.1, 0.15) is 5.82 Å². The molecular formula is C15H11ClFN3O.